The number of hydrogen-bond acceptors (Lipinski definition) is 2. The largest absolute Gasteiger partial charge is 0.488 e. The fourth-order valence-electron chi connectivity index (χ4n) is 1.42. The minimum Gasteiger partial charge on any atom is -0.488 e. The molecule has 0 fully saturated rings. The van der Waals surface area contributed by atoms with Gasteiger partial charge in [0.25, 0.3) is 0 Å². The Morgan fingerprint density at radius 3 is 2.47 bits per heavy atom. The van der Waals surface area contributed by atoms with Crippen LogP contribution in [0.3, 0.4) is 0 Å². The van der Waals surface area contributed by atoms with Gasteiger partial charge in [-0.25, -0.2) is 4.39 Å². The first-order valence-corrected chi connectivity index (χ1v) is 5.98. The van der Waals surface area contributed by atoms with E-state index in [1.807, 2.05) is 19.9 Å². The summed E-state index contributed by atoms with van der Waals surface area (Å²) >= 11 is 0. The molecule has 1 N–H and O–H groups in total. The van der Waals surface area contributed by atoms with Crippen LogP contribution in [-0.2, 0) is 6.54 Å². The number of hydrogen-bond donors (Lipinski definition) is 1. The minimum atomic E-state index is -0.299. The molecule has 0 radical (unpaired) electrons. The number of benzene rings is 1. The number of ether oxygens (including phenoxy) is 1. The second-order valence-corrected chi connectivity index (χ2v) is 5.50. The molecule has 17 heavy (non-hydrogen) atoms. The van der Waals surface area contributed by atoms with Crippen molar-refractivity contribution in [3.63, 3.8) is 0 Å². The van der Waals surface area contributed by atoms with Crippen molar-refractivity contribution in [2.24, 2.45) is 0 Å². The van der Waals surface area contributed by atoms with Crippen molar-refractivity contribution < 1.29 is 9.13 Å². The zero-order valence-electron chi connectivity index (χ0n) is 11.3. The van der Waals surface area contributed by atoms with E-state index in [2.05, 4.69) is 26.1 Å². The topological polar surface area (TPSA) is 21.3 Å². The summed E-state index contributed by atoms with van der Waals surface area (Å²) in [5, 5.41) is 3.33. The predicted octanol–water partition coefficient (Wildman–Crippen LogP) is 3.50. The van der Waals surface area contributed by atoms with Crippen LogP contribution in [0.2, 0.25) is 0 Å². The Bertz CT molecular complexity index is 369. The summed E-state index contributed by atoms with van der Waals surface area (Å²) in [6.45, 7) is 10.6. The van der Waals surface area contributed by atoms with Crippen molar-refractivity contribution >= 4 is 0 Å². The molecule has 1 aromatic carbocycles. The van der Waals surface area contributed by atoms with Crippen molar-refractivity contribution in [2.75, 3.05) is 0 Å². The summed E-state index contributed by atoms with van der Waals surface area (Å²) < 4.78 is 19.2. The summed E-state index contributed by atoms with van der Waals surface area (Å²) in [6.07, 6.45) is -0.0275. The molecular formula is C14H22FNO. The summed E-state index contributed by atoms with van der Waals surface area (Å²) in [5.74, 6) is 0.0613. The molecule has 0 saturated heterocycles. The SMILES string of the molecule is CC(C)Oc1c(F)cccc1CNC(C)(C)C. The van der Waals surface area contributed by atoms with Gasteiger partial charge >= 0.3 is 0 Å². The molecular weight excluding hydrogens is 217 g/mol. The zero-order valence-corrected chi connectivity index (χ0v) is 11.3. The first-order chi connectivity index (χ1) is 7.79. The Kier molecular flexibility index (Phi) is 4.52. The van der Waals surface area contributed by atoms with Crippen LogP contribution in [0.15, 0.2) is 18.2 Å². The van der Waals surface area contributed by atoms with E-state index in [0.29, 0.717) is 12.3 Å². The highest BCUT2D eigenvalue weighted by molar-refractivity contribution is 5.35. The van der Waals surface area contributed by atoms with E-state index < -0.39 is 0 Å². The van der Waals surface area contributed by atoms with Crippen LogP contribution in [0.25, 0.3) is 0 Å². The Balaban J connectivity index is 2.87. The van der Waals surface area contributed by atoms with Crippen LogP contribution in [0, 0.1) is 5.82 Å². The predicted molar refractivity (Wildman–Crippen MR) is 68.8 cm³/mol. The van der Waals surface area contributed by atoms with Crippen LogP contribution in [0.4, 0.5) is 4.39 Å². The third-order valence-electron chi connectivity index (χ3n) is 2.21. The second-order valence-electron chi connectivity index (χ2n) is 5.50. The van der Waals surface area contributed by atoms with E-state index in [1.165, 1.54) is 6.07 Å². The Morgan fingerprint density at radius 1 is 1.29 bits per heavy atom. The molecule has 0 amide bonds. The lowest BCUT2D eigenvalue weighted by molar-refractivity contribution is 0.227. The third kappa shape index (κ3) is 4.73. The fourth-order valence-corrected chi connectivity index (χ4v) is 1.42. The molecule has 0 aliphatic heterocycles. The van der Waals surface area contributed by atoms with Gasteiger partial charge in [0, 0.05) is 17.6 Å². The number of halogens is 1. The fraction of sp³-hybridized carbons (Fsp3) is 0.571. The normalized spacial score (nSPS) is 11.9. The summed E-state index contributed by atoms with van der Waals surface area (Å²) in [7, 11) is 0. The molecule has 2 nitrogen and oxygen atoms in total. The number of nitrogens with one attached hydrogen (secondary N) is 1. The molecule has 0 atom stereocenters. The van der Waals surface area contributed by atoms with Gasteiger partial charge in [-0.2, -0.15) is 0 Å². The first-order valence-electron chi connectivity index (χ1n) is 5.98. The van der Waals surface area contributed by atoms with Crippen molar-refractivity contribution in [1.29, 1.82) is 0 Å². The van der Waals surface area contributed by atoms with Crippen LogP contribution in [-0.4, -0.2) is 11.6 Å². The summed E-state index contributed by atoms with van der Waals surface area (Å²) in [6, 6.07) is 5.03. The van der Waals surface area contributed by atoms with Gasteiger partial charge in [-0.15, -0.1) is 0 Å². The van der Waals surface area contributed by atoms with Gasteiger partial charge in [-0.1, -0.05) is 12.1 Å². The molecule has 0 bridgehead atoms. The van der Waals surface area contributed by atoms with E-state index in [4.69, 9.17) is 4.74 Å². The molecule has 96 valence electrons. The molecule has 0 aliphatic carbocycles. The average Bonchev–Trinajstić information content (AvgIpc) is 2.17. The first kappa shape index (κ1) is 14.0. The van der Waals surface area contributed by atoms with Crippen molar-refractivity contribution in [3.8, 4) is 5.75 Å². The molecule has 3 heteroatoms. The van der Waals surface area contributed by atoms with Crippen LogP contribution >= 0.6 is 0 Å². The van der Waals surface area contributed by atoms with Gasteiger partial charge in [0.15, 0.2) is 11.6 Å². The highest BCUT2D eigenvalue weighted by atomic mass is 19.1. The summed E-state index contributed by atoms with van der Waals surface area (Å²) in [4.78, 5) is 0. The maximum Gasteiger partial charge on any atom is 0.165 e. The highest BCUT2D eigenvalue weighted by Crippen LogP contribution is 2.24. The third-order valence-corrected chi connectivity index (χ3v) is 2.21. The average molecular weight is 239 g/mol. The molecule has 0 unspecified atom stereocenters. The molecule has 0 spiro atoms. The van der Waals surface area contributed by atoms with E-state index in [9.17, 15) is 4.39 Å². The Labute approximate surface area is 103 Å². The molecule has 1 rings (SSSR count). The quantitative estimate of drug-likeness (QED) is 0.868. The van der Waals surface area contributed by atoms with Gasteiger partial charge < -0.3 is 10.1 Å². The smallest absolute Gasteiger partial charge is 0.165 e. The minimum absolute atomic E-state index is 0.00141. The Morgan fingerprint density at radius 2 is 1.94 bits per heavy atom. The van der Waals surface area contributed by atoms with E-state index in [1.54, 1.807) is 6.07 Å². The zero-order chi connectivity index (χ0) is 13.1. The van der Waals surface area contributed by atoms with E-state index in [0.717, 1.165) is 5.56 Å². The Hall–Kier alpha value is -1.09. The van der Waals surface area contributed by atoms with Crippen LogP contribution in [0.1, 0.15) is 40.2 Å². The van der Waals surface area contributed by atoms with Crippen molar-refractivity contribution in [1.82, 2.24) is 5.32 Å². The maximum absolute atomic E-state index is 13.7. The van der Waals surface area contributed by atoms with Gasteiger partial charge in [0.1, 0.15) is 0 Å². The highest BCUT2D eigenvalue weighted by Gasteiger charge is 2.14. The molecule has 0 heterocycles. The van der Waals surface area contributed by atoms with Gasteiger partial charge in [-0.3, -0.25) is 0 Å². The molecule has 0 saturated carbocycles. The number of rotatable bonds is 4. The van der Waals surface area contributed by atoms with Crippen LogP contribution < -0.4 is 10.1 Å². The standard InChI is InChI=1S/C14H22FNO/c1-10(2)17-13-11(7-6-8-12(13)15)9-16-14(3,4)5/h6-8,10,16H,9H2,1-5H3. The monoisotopic (exact) mass is 239 g/mol. The molecule has 1 aromatic rings. The lowest BCUT2D eigenvalue weighted by atomic mass is 10.1. The van der Waals surface area contributed by atoms with E-state index >= 15 is 0 Å². The van der Waals surface area contributed by atoms with Gasteiger partial charge in [0.05, 0.1) is 6.10 Å². The summed E-state index contributed by atoms with van der Waals surface area (Å²) in [5.41, 5.74) is 0.857. The van der Waals surface area contributed by atoms with Gasteiger partial charge in [-0.05, 0) is 40.7 Å². The second kappa shape index (κ2) is 5.50. The van der Waals surface area contributed by atoms with E-state index in [-0.39, 0.29) is 17.5 Å². The van der Waals surface area contributed by atoms with Crippen molar-refractivity contribution in [2.45, 2.75) is 52.8 Å². The van der Waals surface area contributed by atoms with Gasteiger partial charge in [0.2, 0.25) is 0 Å². The number of para-hydroxylation sites is 1. The lowest BCUT2D eigenvalue weighted by Crippen LogP contribution is -2.35. The van der Waals surface area contributed by atoms with Crippen molar-refractivity contribution in [3.05, 3.63) is 29.6 Å². The maximum atomic E-state index is 13.7. The molecule has 0 aromatic heterocycles. The molecule has 0 aliphatic rings. The van der Waals surface area contributed by atoms with Crippen LogP contribution in [0.5, 0.6) is 5.75 Å². The lowest BCUT2D eigenvalue weighted by Gasteiger charge is -2.22.